The van der Waals surface area contributed by atoms with E-state index in [0.717, 1.165) is 0 Å². The van der Waals surface area contributed by atoms with Crippen LogP contribution in [0.4, 0.5) is 5.69 Å². The maximum absolute atomic E-state index is 12.0. The highest BCUT2D eigenvalue weighted by molar-refractivity contribution is 5.91. The lowest BCUT2D eigenvalue weighted by atomic mass is 10.1. The predicted molar refractivity (Wildman–Crippen MR) is 87.0 cm³/mol. The molecule has 1 amide bonds. The molecule has 0 aliphatic rings. The molecule has 7 nitrogen and oxygen atoms in total. The van der Waals surface area contributed by atoms with Crippen LogP contribution >= 0.6 is 0 Å². The molecule has 0 saturated carbocycles. The molecule has 0 unspecified atom stereocenters. The molecule has 1 aromatic carbocycles. The van der Waals surface area contributed by atoms with Crippen LogP contribution in [0.5, 0.6) is 5.75 Å². The maximum Gasteiger partial charge on any atom is 0.325 e. The smallest absolute Gasteiger partial charge is 0.325 e. The molecule has 0 radical (unpaired) electrons. The Morgan fingerprint density at radius 2 is 2.04 bits per heavy atom. The highest BCUT2D eigenvalue weighted by Gasteiger charge is 2.09. The number of anilines is 1. The molecule has 2 aromatic rings. The van der Waals surface area contributed by atoms with Gasteiger partial charge in [0.2, 0.25) is 5.91 Å². The quantitative estimate of drug-likeness (QED) is 0.748. The zero-order valence-electron chi connectivity index (χ0n) is 13.1. The van der Waals surface area contributed by atoms with E-state index in [1.54, 1.807) is 25.1 Å². The minimum atomic E-state index is -0.548. The van der Waals surface area contributed by atoms with Crippen molar-refractivity contribution in [1.29, 1.82) is 0 Å². The topological polar surface area (TPSA) is 104 Å². The van der Waals surface area contributed by atoms with Crippen molar-refractivity contribution in [3.8, 4) is 5.75 Å². The lowest BCUT2D eigenvalue weighted by molar-refractivity contribution is -0.116. The molecule has 0 fully saturated rings. The third-order valence-electron chi connectivity index (χ3n) is 3.29. The zero-order valence-corrected chi connectivity index (χ0v) is 13.1. The average Bonchev–Trinajstić information content (AvgIpc) is 2.46. The summed E-state index contributed by atoms with van der Waals surface area (Å²) >= 11 is 0. The number of hydrogen-bond acceptors (Lipinski definition) is 4. The Kier molecular flexibility index (Phi) is 5.35. The van der Waals surface area contributed by atoms with Crippen LogP contribution in [0.2, 0.25) is 0 Å². The molecule has 2 rings (SSSR count). The summed E-state index contributed by atoms with van der Waals surface area (Å²) in [5.41, 5.74) is 0.506. The summed E-state index contributed by atoms with van der Waals surface area (Å²) in [6.07, 6.45) is 0.379. The Hall–Kier alpha value is -2.83. The van der Waals surface area contributed by atoms with Crippen molar-refractivity contribution in [3.05, 3.63) is 56.4 Å². The lowest BCUT2D eigenvalue weighted by Crippen LogP contribution is -2.27. The molecule has 0 bridgehead atoms. The van der Waals surface area contributed by atoms with E-state index in [-0.39, 0.29) is 18.7 Å². The van der Waals surface area contributed by atoms with Crippen LogP contribution in [0.15, 0.2) is 33.9 Å². The summed E-state index contributed by atoms with van der Waals surface area (Å²) in [6, 6.07) is 7.09. The van der Waals surface area contributed by atoms with E-state index >= 15 is 0 Å². The molecule has 1 heterocycles. The molecule has 0 saturated heterocycles. The fourth-order valence-corrected chi connectivity index (χ4v) is 2.22. The van der Waals surface area contributed by atoms with Gasteiger partial charge in [-0.2, -0.15) is 0 Å². The van der Waals surface area contributed by atoms with Gasteiger partial charge in [-0.05, 0) is 32.4 Å². The number of aromatic nitrogens is 2. The van der Waals surface area contributed by atoms with Crippen molar-refractivity contribution < 1.29 is 9.53 Å². The second kappa shape index (κ2) is 7.44. The van der Waals surface area contributed by atoms with Gasteiger partial charge in [0.1, 0.15) is 5.75 Å². The van der Waals surface area contributed by atoms with Crippen molar-refractivity contribution in [1.82, 2.24) is 9.97 Å². The first kappa shape index (κ1) is 16.5. The van der Waals surface area contributed by atoms with Gasteiger partial charge in [-0.1, -0.05) is 6.07 Å². The number of carbonyl (C=O) groups is 1. The molecule has 0 atom stereocenters. The largest absolute Gasteiger partial charge is 0.494 e. The van der Waals surface area contributed by atoms with Gasteiger partial charge < -0.3 is 15.0 Å². The standard InChI is InChI=1S/C16H19N3O4/c1-3-23-12-6-4-5-11(9-12)18-14(20)8-7-13-10(2)17-16(22)19-15(13)21/h4-6,9H,3,7-8H2,1-2H3,(H,18,20)(H2,17,19,21,22). The molecule has 0 aliphatic carbocycles. The molecule has 1 aromatic heterocycles. The number of amides is 1. The van der Waals surface area contributed by atoms with Gasteiger partial charge in [-0.15, -0.1) is 0 Å². The minimum absolute atomic E-state index is 0.134. The Balaban J connectivity index is 1.99. The van der Waals surface area contributed by atoms with Crippen LogP contribution < -0.4 is 21.3 Å². The Bertz CT molecular complexity index is 807. The molecule has 122 valence electrons. The summed E-state index contributed by atoms with van der Waals surface area (Å²) in [4.78, 5) is 39.5. The number of hydrogen-bond donors (Lipinski definition) is 3. The number of ether oxygens (including phenoxy) is 1. The highest BCUT2D eigenvalue weighted by atomic mass is 16.5. The van der Waals surface area contributed by atoms with E-state index in [1.165, 1.54) is 0 Å². The van der Waals surface area contributed by atoms with Gasteiger partial charge in [0.15, 0.2) is 0 Å². The van der Waals surface area contributed by atoms with E-state index in [9.17, 15) is 14.4 Å². The van der Waals surface area contributed by atoms with Crippen LogP contribution in [0.25, 0.3) is 0 Å². The molecule has 0 spiro atoms. The number of nitrogens with one attached hydrogen (secondary N) is 3. The van der Waals surface area contributed by atoms with E-state index in [1.807, 2.05) is 13.0 Å². The highest BCUT2D eigenvalue weighted by Crippen LogP contribution is 2.17. The van der Waals surface area contributed by atoms with E-state index in [0.29, 0.717) is 29.3 Å². The monoisotopic (exact) mass is 317 g/mol. The van der Waals surface area contributed by atoms with Crippen LogP contribution in [-0.4, -0.2) is 22.5 Å². The number of rotatable bonds is 6. The van der Waals surface area contributed by atoms with E-state index in [2.05, 4.69) is 15.3 Å². The summed E-state index contributed by atoms with van der Waals surface area (Å²) in [5, 5.41) is 2.76. The first-order valence-electron chi connectivity index (χ1n) is 7.34. The molecule has 3 N–H and O–H groups in total. The SMILES string of the molecule is CCOc1cccc(NC(=O)CCc2c(C)[nH]c(=O)[nH]c2=O)c1. The summed E-state index contributed by atoms with van der Waals surface area (Å²) in [5.74, 6) is 0.460. The van der Waals surface area contributed by atoms with Crippen molar-refractivity contribution in [2.24, 2.45) is 0 Å². The summed E-state index contributed by atoms with van der Waals surface area (Å²) < 4.78 is 5.37. The number of aromatic amines is 2. The molecule has 0 aliphatic heterocycles. The first-order valence-corrected chi connectivity index (χ1v) is 7.34. The Morgan fingerprint density at radius 3 is 2.74 bits per heavy atom. The average molecular weight is 317 g/mol. The van der Waals surface area contributed by atoms with Crippen molar-refractivity contribution >= 4 is 11.6 Å². The third kappa shape index (κ3) is 4.57. The van der Waals surface area contributed by atoms with E-state index in [4.69, 9.17) is 4.74 Å². The molecular formula is C16H19N3O4. The zero-order chi connectivity index (χ0) is 16.8. The third-order valence-corrected chi connectivity index (χ3v) is 3.29. The van der Waals surface area contributed by atoms with Crippen LogP contribution in [0.3, 0.4) is 0 Å². The van der Waals surface area contributed by atoms with Gasteiger partial charge in [0, 0.05) is 29.4 Å². The number of H-pyrrole nitrogens is 2. The van der Waals surface area contributed by atoms with Crippen molar-refractivity contribution in [3.63, 3.8) is 0 Å². The maximum atomic E-state index is 12.0. The second-order valence-electron chi connectivity index (χ2n) is 5.02. The van der Waals surface area contributed by atoms with Crippen LogP contribution in [0.1, 0.15) is 24.6 Å². The van der Waals surface area contributed by atoms with Crippen LogP contribution in [-0.2, 0) is 11.2 Å². The van der Waals surface area contributed by atoms with E-state index < -0.39 is 11.2 Å². The molecular weight excluding hydrogens is 298 g/mol. The predicted octanol–water partition coefficient (Wildman–Crippen LogP) is 1.34. The normalized spacial score (nSPS) is 10.3. The lowest BCUT2D eigenvalue weighted by Gasteiger charge is -2.08. The number of aryl methyl sites for hydroxylation is 1. The Morgan fingerprint density at radius 1 is 1.26 bits per heavy atom. The first-order chi connectivity index (χ1) is 11.0. The van der Waals surface area contributed by atoms with Gasteiger partial charge in [0.25, 0.3) is 5.56 Å². The number of benzene rings is 1. The Labute approximate surface area is 132 Å². The minimum Gasteiger partial charge on any atom is -0.494 e. The van der Waals surface area contributed by atoms with Gasteiger partial charge in [0.05, 0.1) is 6.61 Å². The molecule has 23 heavy (non-hydrogen) atoms. The van der Waals surface area contributed by atoms with Gasteiger partial charge >= 0.3 is 5.69 Å². The summed E-state index contributed by atoms with van der Waals surface area (Å²) in [7, 11) is 0. The molecule has 7 heteroatoms. The van der Waals surface area contributed by atoms with Crippen LogP contribution in [0, 0.1) is 6.92 Å². The second-order valence-corrected chi connectivity index (χ2v) is 5.02. The number of carbonyl (C=O) groups excluding carboxylic acids is 1. The fourth-order valence-electron chi connectivity index (χ4n) is 2.22. The van der Waals surface area contributed by atoms with Crippen molar-refractivity contribution in [2.45, 2.75) is 26.7 Å². The summed E-state index contributed by atoms with van der Waals surface area (Å²) in [6.45, 7) is 4.07. The van der Waals surface area contributed by atoms with Gasteiger partial charge in [-0.25, -0.2) is 4.79 Å². The van der Waals surface area contributed by atoms with Gasteiger partial charge in [-0.3, -0.25) is 14.6 Å². The van der Waals surface area contributed by atoms with Crippen molar-refractivity contribution in [2.75, 3.05) is 11.9 Å². The fraction of sp³-hybridized carbons (Fsp3) is 0.312.